The van der Waals surface area contributed by atoms with Crippen molar-refractivity contribution in [1.82, 2.24) is 4.90 Å². The molecule has 0 aromatic heterocycles. The van der Waals surface area contributed by atoms with E-state index in [1.54, 1.807) is 0 Å². The van der Waals surface area contributed by atoms with E-state index in [1.165, 1.54) is 30.6 Å². The number of amides is 2. The molecule has 2 amide bonds. The zero-order chi connectivity index (χ0) is 10.7. The highest BCUT2D eigenvalue weighted by molar-refractivity contribution is 5.92. The molecule has 1 aliphatic heterocycles. The minimum Gasteiger partial charge on any atom is -0.447 e. The normalized spacial score (nSPS) is 22.1. The third-order valence-corrected chi connectivity index (χ3v) is 3.30. The molecule has 2 fully saturated rings. The van der Waals surface area contributed by atoms with Gasteiger partial charge in [0.05, 0.1) is 6.54 Å². The Morgan fingerprint density at radius 3 is 2.73 bits per heavy atom. The van der Waals surface area contributed by atoms with Crippen LogP contribution in [0.25, 0.3) is 0 Å². The van der Waals surface area contributed by atoms with Crippen LogP contribution in [-0.4, -0.2) is 30.1 Å². The minimum atomic E-state index is -0.466. The molecule has 1 saturated heterocycles. The second kappa shape index (κ2) is 4.64. The van der Waals surface area contributed by atoms with E-state index in [9.17, 15) is 9.59 Å². The van der Waals surface area contributed by atoms with Gasteiger partial charge in [0.25, 0.3) is 0 Å². The number of ether oxygens (including phenoxy) is 1. The molecule has 0 atom stereocenters. The van der Waals surface area contributed by atoms with Gasteiger partial charge in [0.1, 0.15) is 6.61 Å². The molecule has 0 aromatic carbocycles. The van der Waals surface area contributed by atoms with E-state index in [4.69, 9.17) is 4.74 Å². The number of nitrogens with zero attached hydrogens (tertiary/aromatic N) is 1. The highest BCUT2D eigenvalue weighted by Crippen LogP contribution is 2.28. The minimum absolute atomic E-state index is 0.0654. The van der Waals surface area contributed by atoms with Crippen LogP contribution < -0.4 is 0 Å². The Hall–Kier alpha value is -1.06. The molecule has 2 aliphatic rings. The van der Waals surface area contributed by atoms with Crippen LogP contribution >= 0.6 is 0 Å². The molecule has 2 rings (SSSR count). The Morgan fingerprint density at radius 1 is 1.40 bits per heavy atom. The summed E-state index contributed by atoms with van der Waals surface area (Å²) in [7, 11) is 0. The van der Waals surface area contributed by atoms with Crippen molar-refractivity contribution in [1.29, 1.82) is 0 Å². The summed E-state index contributed by atoms with van der Waals surface area (Å²) in [5.41, 5.74) is 0. The molecular weight excluding hydrogens is 194 g/mol. The lowest BCUT2D eigenvalue weighted by molar-refractivity contribution is -0.128. The van der Waals surface area contributed by atoms with E-state index < -0.39 is 6.09 Å². The van der Waals surface area contributed by atoms with Crippen molar-refractivity contribution in [2.24, 2.45) is 5.92 Å². The molecular formula is C11H17NO3. The van der Waals surface area contributed by atoms with Crippen molar-refractivity contribution < 1.29 is 14.3 Å². The summed E-state index contributed by atoms with van der Waals surface area (Å²) >= 11 is 0. The first-order valence-electron chi connectivity index (χ1n) is 5.74. The summed E-state index contributed by atoms with van der Waals surface area (Å²) in [6.07, 6.45) is 6.05. The van der Waals surface area contributed by atoms with Crippen LogP contribution in [0.3, 0.4) is 0 Å². The van der Waals surface area contributed by atoms with Crippen LogP contribution in [0, 0.1) is 5.92 Å². The van der Waals surface area contributed by atoms with Gasteiger partial charge >= 0.3 is 6.09 Å². The van der Waals surface area contributed by atoms with Crippen LogP contribution in [0.1, 0.15) is 38.5 Å². The Bertz CT molecular complexity index is 259. The van der Waals surface area contributed by atoms with Crippen molar-refractivity contribution in [3.63, 3.8) is 0 Å². The number of cyclic esters (lactones) is 1. The van der Waals surface area contributed by atoms with Crippen LogP contribution in [0.15, 0.2) is 0 Å². The Balaban J connectivity index is 1.74. The van der Waals surface area contributed by atoms with Crippen LogP contribution in [0.5, 0.6) is 0 Å². The number of hydrogen-bond donors (Lipinski definition) is 0. The summed E-state index contributed by atoms with van der Waals surface area (Å²) in [6, 6.07) is 0. The first-order chi connectivity index (χ1) is 7.27. The zero-order valence-corrected chi connectivity index (χ0v) is 8.91. The maximum Gasteiger partial charge on any atom is 0.416 e. The maximum atomic E-state index is 11.6. The van der Waals surface area contributed by atoms with Crippen LogP contribution in [0.2, 0.25) is 0 Å². The van der Waals surface area contributed by atoms with Gasteiger partial charge in [0.2, 0.25) is 5.91 Å². The quantitative estimate of drug-likeness (QED) is 0.716. The van der Waals surface area contributed by atoms with Gasteiger partial charge in [-0.25, -0.2) is 9.69 Å². The largest absolute Gasteiger partial charge is 0.447 e. The lowest BCUT2D eigenvalue weighted by Crippen LogP contribution is -2.31. The van der Waals surface area contributed by atoms with Gasteiger partial charge in [-0.2, -0.15) is 0 Å². The smallest absolute Gasteiger partial charge is 0.416 e. The molecule has 4 nitrogen and oxygen atoms in total. The zero-order valence-electron chi connectivity index (χ0n) is 8.91. The highest BCUT2D eigenvalue weighted by Gasteiger charge is 2.28. The monoisotopic (exact) mass is 211 g/mol. The summed E-state index contributed by atoms with van der Waals surface area (Å²) in [4.78, 5) is 24.0. The molecule has 15 heavy (non-hydrogen) atoms. The number of hydrogen-bond acceptors (Lipinski definition) is 3. The van der Waals surface area contributed by atoms with Crippen LogP contribution in [0.4, 0.5) is 4.79 Å². The van der Waals surface area contributed by atoms with E-state index in [-0.39, 0.29) is 5.91 Å². The molecule has 1 aliphatic carbocycles. The van der Waals surface area contributed by atoms with E-state index in [2.05, 4.69) is 0 Å². The molecule has 0 bridgehead atoms. The highest BCUT2D eigenvalue weighted by atomic mass is 16.6. The van der Waals surface area contributed by atoms with E-state index in [1.807, 2.05) is 0 Å². The molecule has 1 saturated carbocycles. The fourth-order valence-electron chi connectivity index (χ4n) is 2.38. The van der Waals surface area contributed by atoms with Crippen molar-refractivity contribution >= 4 is 12.0 Å². The number of carbonyl (C=O) groups excluding carboxylic acids is 2. The Labute approximate surface area is 89.6 Å². The summed E-state index contributed by atoms with van der Waals surface area (Å²) < 4.78 is 4.72. The van der Waals surface area contributed by atoms with Crippen molar-refractivity contribution in [2.75, 3.05) is 13.2 Å². The number of carbonyl (C=O) groups is 2. The Kier molecular flexibility index (Phi) is 3.23. The third-order valence-electron chi connectivity index (χ3n) is 3.30. The molecule has 0 spiro atoms. The SMILES string of the molecule is O=C(CCC1CCCC1)N1CCOC1=O. The fourth-order valence-corrected chi connectivity index (χ4v) is 2.38. The molecule has 0 unspecified atom stereocenters. The maximum absolute atomic E-state index is 11.6. The number of imide groups is 1. The topological polar surface area (TPSA) is 46.6 Å². The van der Waals surface area contributed by atoms with E-state index >= 15 is 0 Å². The second-order valence-electron chi connectivity index (χ2n) is 4.35. The van der Waals surface area contributed by atoms with Gasteiger partial charge in [-0.3, -0.25) is 4.79 Å². The predicted octanol–water partition coefficient (Wildman–Crippen LogP) is 1.94. The van der Waals surface area contributed by atoms with Crippen LogP contribution in [-0.2, 0) is 9.53 Å². The van der Waals surface area contributed by atoms with Crippen molar-refractivity contribution in [2.45, 2.75) is 38.5 Å². The average Bonchev–Trinajstić information content (AvgIpc) is 2.84. The Morgan fingerprint density at radius 2 is 2.13 bits per heavy atom. The number of rotatable bonds is 3. The first-order valence-corrected chi connectivity index (χ1v) is 5.74. The van der Waals surface area contributed by atoms with Crippen molar-refractivity contribution in [3.05, 3.63) is 0 Å². The molecule has 0 aromatic rings. The molecule has 4 heteroatoms. The fraction of sp³-hybridized carbons (Fsp3) is 0.818. The van der Waals surface area contributed by atoms with Gasteiger partial charge in [-0.15, -0.1) is 0 Å². The lowest BCUT2D eigenvalue weighted by atomic mass is 10.0. The van der Waals surface area contributed by atoms with Gasteiger partial charge < -0.3 is 4.74 Å². The third kappa shape index (κ3) is 2.49. The molecule has 0 N–H and O–H groups in total. The van der Waals surface area contributed by atoms with Gasteiger partial charge in [-0.1, -0.05) is 25.7 Å². The van der Waals surface area contributed by atoms with Gasteiger partial charge in [0, 0.05) is 6.42 Å². The summed E-state index contributed by atoms with van der Waals surface area (Å²) in [5, 5.41) is 0. The molecule has 1 heterocycles. The standard InChI is InChI=1S/C11H17NO3/c13-10(12-7-8-15-11(12)14)6-5-9-3-1-2-4-9/h9H,1-8H2. The molecule has 84 valence electrons. The predicted molar refractivity (Wildman–Crippen MR) is 54.3 cm³/mol. The van der Waals surface area contributed by atoms with E-state index in [0.29, 0.717) is 25.5 Å². The summed E-state index contributed by atoms with van der Waals surface area (Å²) in [6.45, 7) is 0.788. The second-order valence-corrected chi connectivity index (χ2v) is 4.35. The van der Waals surface area contributed by atoms with Crippen molar-refractivity contribution in [3.8, 4) is 0 Å². The summed E-state index contributed by atoms with van der Waals surface area (Å²) in [5.74, 6) is 0.636. The average molecular weight is 211 g/mol. The first kappa shape index (κ1) is 10.5. The van der Waals surface area contributed by atoms with Gasteiger partial charge in [0.15, 0.2) is 0 Å². The lowest BCUT2D eigenvalue weighted by Gasteiger charge is -2.12. The molecule has 0 radical (unpaired) electrons. The van der Waals surface area contributed by atoms with E-state index in [0.717, 1.165) is 6.42 Å². The van der Waals surface area contributed by atoms with Gasteiger partial charge in [-0.05, 0) is 12.3 Å².